The van der Waals surface area contributed by atoms with Crippen molar-refractivity contribution in [2.75, 3.05) is 12.4 Å². The predicted octanol–water partition coefficient (Wildman–Crippen LogP) is 2.80. The average Bonchev–Trinajstić information content (AvgIpc) is 3.23. The lowest BCUT2D eigenvalue weighted by molar-refractivity contribution is -0.118. The Hall–Kier alpha value is -2.39. The lowest BCUT2D eigenvalue weighted by atomic mass is 10.3. The molecule has 0 spiro atoms. The van der Waals surface area contributed by atoms with Gasteiger partial charge in [-0.15, -0.1) is 21.5 Å². The van der Waals surface area contributed by atoms with Gasteiger partial charge in [-0.1, -0.05) is 30.0 Å². The van der Waals surface area contributed by atoms with E-state index in [4.69, 9.17) is 10.5 Å². The summed E-state index contributed by atoms with van der Waals surface area (Å²) < 4.78 is 20.6. The maximum Gasteiger partial charge on any atom is 0.237 e. The summed E-state index contributed by atoms with van der Waals surface area (Å²) in [6.45, 7) is 0.292. The van der Waals surface area contributed by atoms with Crippen LogP contribution in [0.5, 0.6) is 5.75 Å². The Morgan fingerprint density at radius 1 is 1.28 bits per heavy atom. The highest BCUT2D eigenvalue weighted by Crippen LogP contribution is 2.27. The van der Waals surface area contributed by atoms with Gasteiger partial charge in [0, 0.05) is 5.75 Å². The van der Waals surface area contributed by atoms with Gasteiger partial charge in [-0.05, 0) is 23.6 Å². The fourth-order valence-electron chi connectivity index (χ4n) is 2.13. The number of ether oxygens (including phenoxy) is 1. The van der Waals surface area contributed by atoms with Crippen LogP contribution >= 0.6 is 23.1 Å². The minimum absolute atomic E-state index is 0.00324. The van der Waals surface area contributed by atoms with Crippen molar-refractivity contribution in [3.8, 4) is 16.5 Å². The van der Waals surface area contributed by atoms with E-state index in [0.29, 0.717) is 23.3 Å². The van der Waals surface area contributed by atoms with Gasteiger partial charge in [-0.2, -0.15) is 0 Å². The molecule has 0 atom stereocenters. The van der Waals surface area contributed by atoms with Crippen LogP contribution in [0.4, 0.5) is 4.39 Å². The summed E-state index contributed by atoms with van der Waals surface area (Å²) in [4.78, 5) is 12.3. The summed E-state index contributed by atoms with van der Waals surface area (Å²) in [7, 11) is 0. The van der Waals surface area contributed by atoms with Crippen molar-refractivity contribution >= 4 is 29.0 Å². The van der Waals surface area contributed by atoms with E-state index in [-0.39, 0.29) is 12.3 Å². The van der Waals surface area contributed by atoms with Crippen molar-refractivity contribution in [3.05, 3.63) is 47.6 Å². The van der Waals surface area contributed by atoms with Crippen LogP contribution in [0.3, 0.4) is 0 Å². The van der Waals surface area contributed by atoms with Crippen molar-refractivity contribution < 1.29 is 13.9 Å². The van der Waals surface area contributed by atoms with Crippen LogP contribution in [-0.4, -0.2) is 33.0 Å². The summed E-state index contributed by atoms with van der Waals surface area (Å²) in [6.07, 6.45) is 0. The van der Waals surface area contributed by atoms with Gasteiger partial charge < -0.3 is 10.5 Å². The standard InChI is InChI=1S/C16H15FN4O2S2/c17-11-4-1-2-5-12(11)23-7-9-25-16-20-19-15(13-6-3-8-24-13)21(16)10-14(18)22/h1-6,8H,7,9-10H2,(H2,18,22). The van der Waals surface area contributed by atoms with E-state index in [1.807, 2.05) is 17.5 Å². The second-order valence-electron chi connectivity index (χ2n) is 4.96. The van der Waals surface area contributed by atoms with Crippen molar-refractivity contribution in [3.63, 3.8) is 0 Å². The second kappa shape index (κ2) is 8.13. The zero-order chi connectivity index (χ0) is 17.6. The highest BCUT2D eigenvalue weighted by molar-refractivity contribution is 7.99. The first-order valence-corrected chi connectivity index (χ1v) is 9.27. The second-order valence-corrected chi connectivity index (χ2v) is 6.97. The minimum Gasteiger partial charge on any atom is -0.490 e. The number of nitrogens with two attached hydrogens (primary N) is 1. The first kappa shape index (κ1) is 17.4. The molecule has 2 heterocycles. The first-order valence-electron chi connectivity index (χ1n) is 7.40. The van der Waals surface area contributed by atoms with E-state index in [0.717, 1.165) is 4.88 Å². The van der Waals surface area contributed by atoms with E-state index in [9.17, 15) is 9.18 Å². The Bertz CT molecular complexity index is 852. The number of primary amides is 1. The van der Waals surface area contributed by atoms with Gasteiger partial charge >= 0.3 is 0 Å². The summed E-state index contributed by atoms with van der Waals surface area (Å²) in [6, 6.07) is 10.0. The smallest absolute Gasteiger partial charge is 0.237 e. The topological polar surface area (TPSA) is 83.0 Å². The molecule has 2 aromatic heterocycles. The number of benzene rings is 1. The summed E-state index contributed by atoms with van der Waals surface area (Å²) in [5, 5.41) is 10.8. The largest absolute Gasteiger partial charge is 0.490 e. The number of nitrogens with zero attached hydrogens (tertiary/aromatic N) is 3. The van der Waals surface area contributed by atoms with Crippen LogP contribution in [0.15, 0.2) is 46.9 Å². The molecular weight excluding hydrogens is 363 g/mol. The minimum atomic E-state index is -0.470. The summed E-state index contributed by atoms with van der Waals surface area (Å²) in [5.41, 5.74) is 5.33. The first-order chi connectivity index (χ1) is 12.1. The van der Waals surface area contributed by atoms with Gasteiger partial charge in [0.05, 0.1) is 11.5 Å². The van der Waals surface area contributed by atoms with Gasteiger partial charge in [0.15, 0.2) is 22.5 Å². The average molecular weight is 378 g/mol. The quantitative estimate of drug-likeness (QED) is 0.481. The Labute approximate surface area is 151 Å². The van der Waals surface area contributed by atoms with E-state index < -0.39 is 11.7 Å². The van der Waals surface area contributed by atoms with E-state index in [2.05, 4.69) is 10.2 Å². The zero-order valence-electron chi connectivity index (χ0n) is 13.1. The zero-order valence-corrected chi connectivity index (χ0v) is 14.7. The third kappa shape index (κ3) is 4.37. The number of para-hydroxylation sites is 1. The van der Waals surface area contributed by atoms with Crippen molar-refractivity contribution in [1.29, 1.82) is 0 Å². The molecule has 130 valence electrons. The van der Waals surface area contributed by atoms with Crippen molar-refractivity contribution in [2.45, 2.75) is 11.7 Å². The molecule has 0 saturated carbocycles. The lowest BCUT2D eigenvalue weighted by Crippen LogP contribution is -2.20. The van der Waals surface area contributed by atoms with Gasteiger partial charge in [0.2, 0.25) is 5.91 Å². The predicted molar refractivity (Wildman–Crippen MR) is 95.1 cm³/mol. The van der Waals surface area contributed by atoms with Crippen LogP contribution < -0.4 is 10.5 Å². The summed E-state index contributed by atoms with van der Waals surface area (Å²) >= 11 is 2.88. The molecular formula is C16H15FN4O2S2. The normalized spacial score (nSPS) is 10.8. The maximum absolute atomic E-state index is 13.5. The third-order valence-corrected chi connectivity index (χ3v) is 4.98. The van der Waals surface area contributed by atoms with Gasteiger partial charge in [0.25, 0.3) is 0 Å². The number of carbonyl (C=O) groups excluding carboxylic acids is 1. The molecule has 0 unspecified atom stereocenters. The molecule has 2 N–H and O–H groups in total. The molecule has 6 nitrogen and oxygen atoms in total. The maximum atomic E-state index is 13.5. The van der Waals surface area contributed by atoms with Gasteiger partial charge in [0.1, 0.15) is 6.54 Å². The number of aromatic nitrogens is 3. The molecule has 3 aromatic rings. The molecule has 1 amide bonds. The Morgan fingerprint density at radius 3 is 2.84 bits per heavy atom. The number of amides is 1. The van der Waals surface area contributed by atoms with Crippen LogP contribution in [0.2, 0.25) is 0 Å². The SMILES string of the molecule is NC(=O)Cn1c(SCCOc2ccccc2F)nnc1-c1cccs1. The molecule has 1 aromatic carbocycles. The number of halogens is 1. The Kier molecular flexibility index (Phi) is 5.67. The number of thioether (sulfide) groups is 1. The monoisotopic (exact) mass is 378 g/mol. The fraction of sp³-hybridized carbons (Fsp3) is 0.188. The number of rotatable bonds is 8. The van der Waals surface area contributed by atoms with E-state index in [1.165, 1.54) is 29.2 Å². The molecule has 0 fully saturated rings. The van der Waals surface area contributed by atoms with Crippen LogP contribution in [0, 0.1) is 5.82 Å². The van der Waals surface area contributed by atoms with E-state index in [1.54, 1.807) is 22.8 Å². The molecule has 0 saturated heterocycles. The number of hydrogen-bond acceptors (Lipinski definition) is 6. The Morgan fingerprint density at radius 2 is 2.12 bits per heavy atom. The molecule has 25 heavy (non-hydrogen) atoms. The number of carbonyl (C=O) groups is 1. The molecule has 0 radical (unpaired) electrons. The third-order valence-electron chi connectivity index (χ3n) is 3.18. The van der Waals surface area contributed by atoms with Crippen LogP contribution in [0.1, 0.15) is 0 Å². The fourth-order valence-corrected chi connectivity index (χ4v) is 3.60. The van der Waals surface area contributed by atoms with Crippen molar-refractivity contribution in [2.24, 2.45) is 5.73 Å². The molecule has 9 heteroatoms. The summed E-state index contributed by atoms with van der Waals surface area (Å²) in [5.74, 6) is 0.467. The van der Waals surface area contributed by atoms with Crippen LogP contribution in [-0.2, 0) is 11.3 Å². The molecule has 0 aliphatic rings. The highest BCUT2D eigenvalue weighted by Gasteiger charge is 2.16. The van der Waals surface area contributed by atoms with Crippen molar-refractivity contribution in [1.82, 2.24) is 14.8 Å². The van der Waals surface area contributed by atoms with E-state index >= 15 is 0 Å². The molecule has 0 aliphatic heterocycles. The van der Waals surface area contributed by atoms with Crippen LogP contribution in [0.25, 0.3) is 10.7 Å². The highest BCUT2D eigenvalue weighted by atomic mass is 32.2. The number of hydrogen-bond donors (Lipinski definition) is 1. The molecule has 0 aliphatic carbocycles. The number of thiophene rings is 1. The van der Waals surface area contributed by atoms with Gasteiger partial charge in [-0.25, -0.2) is 4.39 Å². The lowest BCUT2D eigenvalue weighted by Gasteiger charge is -2.08. The molecule has 3 rings (SSSR count). The van der Waals surface area contributed by atoms with Gasteiger partial charge in [-0.3, -0.25) is 9.36 Å². The molecule has 0 bridgehead atoms. The Balaban J connectivity index is 1.66.